The Morgan fingerprint density at radius 1 is 1.18 bits per heavy atom. The van der Waals surface area contributed by atoms with Crippen LogP contribution in [-0.4, -0.2) is 0 Å². The Bertz CT molecular complexity index is 374. The average Bonchev–Trinajstić information content (AvgIpc) is 2.63. The predicted molar refractivity (Wildman–Crippen MR) is 62.5 cm³/mol. The number of unbranched alkanes of at least 4 members (excludes halogenated alkanes) is 1. The molecule has 0 aliphatic heterocycles. The summed E-state index contributed by atoms with van der Waals surface area (Å²) < 4.78 is 3.34. The van der Waals surface area contributed by atoms with E-state index in [4.69, 9.17) is 0 Å². The van der Waals surface area contributed by atoms with Crippen molar-refractivity contribution in [3.05, 3.63) is 41.0 Å². The van der Waals surface area contributed by atoms with Gasteiger partial charge in [0.15, 0.2) is 0 Å². The smallest absolute Gasteiger partial charge is 1.00 e. The minimum Gasteiger partial charge on any atom is -1.00 e. The van der Waals surface area contributed by atoms with Gasteiger partial charge < -0.3 is 48.0 Å². The van der Waals surface area contributed by atoms with E-state index < -0.39 is 0 Å². The van der Waals surface area contributed by atoms with E-state index in [1.165, 1.54) is 24.8 Å². The number of fused-ring (bicyclic) bond motifs is 1. The van der Waals surface area contributed by atoms with Crippen LogP contribution in [0, 0.1) is 0 Å². The summed E-state index contributed by atoms with van der Waals surface area (Å²) in [6, 6.07) is 8.96. The van der Waals surface area contributed by atoms with Gasteiger partial charge in [0, 0.05) is 0 Å². The van der Waals surface area contributed by atoms with E-state index in [1.807, 2.05) is 0 Å². The summed E-state index contributed by atoms with van der Waals surface area (Å²) in [7, 11) is 0. The largest absolute Gasteiger partial charge is 1.00 e. The Labute approximate surface area is 151 Å². The summed E-state index contributed by atoms with van der Waals surface area (Å²) in [6.45, 7) is 2.28. The van der Waals surface area contributed by atoms with Crippen molar-refractivity contribution in [3.8, 4) is 0 Å². The van der Waals surface area contributed by atoms with Gasteiger partial charge in [-0.05, 0) is 0 Å². The normalized spacial score (nSPS) is 16.1. The fourth-order valence-corrected chi connectivity index (χ4v) is 5.21. The van der Waals surface area contributed by atoms with Crippen molar-refractivity contribution in [3.63, 3.8) is 0 Å². The van der Waals surface area contributed by atoms with Gasteiger partial charge in [0.1, 0.15) is 0 Å². The quantitative estimate of drug-likeness (QED) is 0.414. The van der Waals surface area contributed by atoms with Crippen LogP contribution in [0.5, 0.6) is 0 Å². The van der Waals surface area contributed by atoms with E-state index in [-0.39, 0.29) is 71.2 Å². The molecule has 2 rings (SSSR count). The molecule has 1 atom stereocenters. The molecule has 1 aromatic carbocycles. The minimum absolute atomic E-state index is 0. The first-order chi connectivity index (χ1) is 7.36. The number of hydrogen-bond acceptors (Lipinski definition) is 0. The van der Waals surface area contributed by atoms with Crippen LogP contribution in [0.15, 0.2) is 29.8 Å². The van der Waals surface area contributed by atoms with Crippen molar-refractivity contribution in [2.24, 2.45) is 0 Å². The molecule has 1 aliphatic rings. The van der Waals surface area contributed by atoms with E-state index in [0.717, 1.165) is 3.63 Å². The van der Waals surface area contributed by atoms with E-state index in [2.05, 4.69) is 41.9 Å². The van der Waals surface area contributed by atoms with Crippen molar-refractivity contribution < 1.29 is 71.2 Å². The molecular weight excluding hydrogens is 513 g/mol. The van der Waals surface area contributed by atoms with Gasteiger partial charge in [0.2, 0.25) is 0 Å². The monoisotopic (exact) mass is 530 g/mol. The summed E-state index contributed by atoms with van der Waals surface area (Å²) in [6.07, 6.45) is 6.45. The third kappa shape index (κ3) is 4.41. The van der Waals surface area contributed by atoms with Crippen molar-refractivity contribution in [1.82, 2.24) is 0 Å². The number of hydrogen-bond donors (Lipinski definition) is 0. The van der Waals surface area contributed by atoms with Crippen molar-refractivity contribution in [1.29, 1.82) is 0 Å². The van der Waals surface area contributed by atoms with Crippen LogP contribution in [0.1, 0.15) is 40.9 Å². The summed E-state index contributed by atoms with van der Waals surface area (Å²) in [5.74, 6) is 0. The predicted octanol–water partition coefficient (Wildman–Crippen LogP) is -1.55. The maximum absolute atomic E-state index is 2.47. The zero-order valence-electron chi connectivity index (χ0n) is 10.3. The second kappa shape index (κ2) is 9.25. The van der Waals surface area contributed by atoms with Crippen molar-refractivity contribution >= 4 is 6.08 Å². The van der Waals surface area contributed by atoms with Crippen LogP contribution >= 0.6 is 0 Å². The molecule has 0 saturated heterocycles. The summed E-state index contributed by atoms with van der Waals surface area (Å²) in [5.41, 5.74) is 4.85. The average molecular weight is 531 g/mol. The first-order valence-corrected chi connectivity index (χ1v) is 9.71. The zero-order valence-corrected chi connectivity index (χ0v) is 17.1. The second-order valence-electron chi connectivity index (χ2n) is 4.17. The fraction of sp³-hybridized carbons (Fsp3) is 0.429. The molecule has 0 nitrogen and oxygen atoms in total. The first-order valence-electron chi connectivity index (χ1n) is 5.83. The molecule has 92 valence electrons. The Morgan fingerprint density at radius 3 is 2.53 bits per heavy atom. The van der Waals surface area contributed by atoms with Crippen LogP contribution in [0.3, 0.4) is 0 Å². The molecule has 0 amide bonds. The summed E-state index contributed by atoms with van der Waals surface area (Å²) in [5, 5.41) is 0. The van der Waals surface area contributed by atoms with Gasteiger partial charge in [0.25, 0.3) is 0 Å². The molecule has 1 unspecified atom stereocenters. The first kappa shape index (κ1) is 18.3. The van der Waals surface area contributed by atoms with Crippen LogP contribution in [0.2, 0.25) is 4.63 Å². The van der Waals surface area contributed by atoms with Gasteiger partial charge in [-0.25, -0.2) is 0 Å². The third-order valence-corrected chi connectivity index (χ3v) is 6.22. The van der Waals surface area contributed by atoms with Gasteiger partial charge in [-0.15, -0.1) is 0 Å². The van der Waals surface area contributed by atoms with Crippen LogP contribution in [0.4, 0.5) is 0 Å². The molecule has 17 heavy (non-hydrogen) atoms. The number of allylic oxidation sites excluding steroid dienone is 1. The SMILES string of the molecule is CCCCC1=Cc2ccccc2[CH]1[Zr+2][CH3].[I-].[I-]. The van der Waals surface area contributed by atoms with E-state index in [9.17, 15) is 0 Å². The summed E-state index contributed by atoms with van der Waals surface area (Å²) in [4.78, 5) is 0. The molecule has 0 saturated carbocycles. The van der Waals surface area contributed by atoms with Crippen LogP contribution in [-0.2, 0) is 23.2 Å². The topological polar surface area (TPSA) is 0 Å². The molecule has 0 spiro atoms. The Kier molecular flexibility index (Phi) is 9.95. The van der Waals surface area contributed by atoms with E-state index >= 15 is 0 Å². The second-order valence-corrected chi connectivity index (χ2v) is 7.01. The molecule has 1 aromatic rings. The van der Waals surface area contributed by atoms with Crippen molar-refractivity contribution in [2.75, 3.05) is 0 Å². The standard InChI is InChI=1S/C13H15.CH3.2HI.Zr/c1-2-3-6-11-9-12-7-4-5-8-13(12)10-11;;;;/h4-5,7-10H,2-3,6H2,1H3;1H3;2*1H;/q;;;;+2/p-2. The van der Waals surface area contributed by atoms with E-state index in [0.29, 0.717) is 0 Å². The van der Waals surface area contributed by atoms with Gasteiger partial charge in [0.05, 0.1) is 0 Å². The zero-order chi connectivity index (χ0) is 10.7. The molecule has 3 heteroatoms. The molecule has 0 heterocycles. The molecular formula is C14H18I2Zr. The Balaban J connectivity index is 0.00000128. The molecule has 0 fully saturated rings. The van der Waals surface area contributed by atoms with Crippen molar-refractivity contribution in [2.45, 2.75) is 34.4 Å². The minimum atomic E-state index is -0.232. The Morgan fingerprint density at radius 2 is 1.88 bits per heavy atom. The van der Waals surface area contributed by atoms with Gasteiger partial charge in [-0.2, -0.15) is 0 Å². The fourth-order valence-electron chi connectivity index (χ4n) is 2.33. The Hall–Kier alpha value is 1.30. The van der Waals surface area contributed by atoms with Gasteiger partial charge >= 0.3 is 105 Å². The number of halogens is 2. The maximum Gasteiger partial charge on any atom is -1.00 e. The molecule has 0 N–H and O–H groups in total. The third-order valence-electron chi connectivity index (χ3n) is 3.13. The van der Waals surface area contributed by atoms with Gasteiger partial charge in [-0.1, -0.05) is 0 Å². The maximum atomic E-state index is 2.47. The number of rotatable bonds is 4. The molecule has 1 aliphatic carbocycles. The van der Waals surface area contributed by atoms with E-state index in [1.54, 1.807) is 11.1 Å². The number of benzene rings is 1. The van der Waals surface area contributed by atoms with Crippen LogP contribution in [0.25, 0.3) is 6.08 Å². The summed E-state index contributed by atoms with van der Waals surface area (Å²) >= 11 is -0.232. The van der Waals surface area contributed by atoms with Crippen LogP contribution < -0.4 is 48.0 Å². The molecule has 0 radical (unpaired) electrons. The molecule has 0 aromatic heterocycles. The molecule has 0 bridgehead atoms. The van der Waals surface area contributed by atoms with Gasteiger partial charge in [-0.3, -0.25) is 0 Å².